The summed E-state index contributed by atoms with van der Waals surface area (Å²) in [4.78, 5) is 0. The van der Waals surface area contributed by atoms with Crippen LogP contribution in [-0.2, 0) is 0 Å². The van der Waals surface area contributed by atoms with Gasteiger partial charge in [-0.15, -0.1) is 0 Å². The van der Waals surface area contributed by atoms with Crippen LogP contribution in [0.1, 0.15) is 15.1 Å². The van der Waals surface area contributed by atoms with Crippen molar-refractivity contribution in [2.24, 2.45) is 0 Å². The van der Waals surface area contributed by atoms with Crippen LogP contribution < -0.4 is 0 Å². The summed E-state index contributed by atoms with van der Waals surface area (Å²) in [5.74, 6) is 0. The van der Waals surface area contributed by atoms with Gasteiger partial charge in [-0.2, -0.15) is 0 Å². The summed E-state index contributed by atoms with van der Waals surface area (Å²) in [5.41, 5.74) is 1.56. The monoisotopic (exact) mass is 557 g/mol. The number of para-hydroxylation sites is 1. The van der Waals surface area contributed by atoms with Crippen LogP contribution in [0.2, 0.25) is 0 Å². The molecule has 1 aromatic heterocycles. The van der Waals surface area contributed by atoms with Crippen molar-refractivity contribution in [3.05, 3.63) is 157 Å². The molecule has 0 amide bonds. The predicted octanol–water partition coefficient (Wildman–Crippen LogP) is 12.0. The van der Waals surface area contributed by atoms with Crippen LogP contribution in [0.3, 0.4) is 0 Å². The number of rotatable bonds is 3. The number of fused-ring (bicyclic) bond motifs is 6. The van der Waals surface area contributed by atoms with E-state index in [0.29, 0.717) is 16.3 Å². The Balaban J connectivity index is 1.59. The molecule has 1 nitrogen and oxygen atoms in total. The Morgan fingerprint density at radius 3 is 1.70 bits per heavy atom. The Bertz CT molecular complexity index is 3040. The maximum Gasteiger partial charge on any atom is 0.136 e. The van der Waals surface area contributed by atoms with E-state index < -0.39 is 60.4 Å². The van der Waals surface area contributed by atoms with Crippen molar-refractivity contribution in [1.29, 1.82) is 0 Å². The molecule has 0 aliphatic heterocycles. The van der Waals surface area contributed by atoms with Crippen LogP contribution in [0.4, 0.5) is 0 Å². The van der Waals surface area contributed by atoms with Crippen LogP contribution in [-0.4, -0.2) is 0 Å². The highest BCUT2D eigenvalue weighted by atomic mass is 16.3. The first-order chi connectivity index (χ1) is 25.9. The first-order valence-corrected chi connectivity index (χ1v) is 13.9. The standard InChI is InChI=1S/C42H26O/c1-2-14-28(15-3-1)39-36(25-26-38-42(39)35-22-10-11-24-37(35)43-38)41-33-20-8-6-18-31(33)40(32-19-7-9-21-34(32)41)30-23-12-16-27-13-4-5-17-29(27)30/h1-26H/i1D,2D,3D,10D,11D,14D,15D,22D,24D,25D,26D. The first kappa shape index (κ1) is 15.5. The zero-order valence-electron chi connectivity index (χ0n) is 33.6. The summed E-state index contributed by atoms with van der Waals surface area (Å²) in [7, 11) is 0. The lowest BCUT2D eigenvalue weighted by Gasteiger charge is -2.21. The van der Waals surface area contributed by atoms with Crippen LogP contribution in [0, 0.1) is 0 Å². The summed E-state index contributed by atoms with van der Waals surface area (Å²) in [6.07, 6.45) is 0. The molecule has 0 fully saturated rings. The summed E-state index contributed by atoms with van der Waals surface area (Å²) < 4.78 is 104. The van der Waals surface area contributed by atoms with Gasteiger partial charge in [0.1, 0.15) is 11.2 Å². The summed E-state index contributed by atoms with van der Waals surface area (Å²) in [5, 5.41) is 4.85. The van der Waals surface area contributed by atoms with Gasteiger partial charge in [-0.3, -0.25) is 0 Å². The van der Waals surface area contributed by atoms with Gasteiger partial charge in [0.2, 0.25) is 0 Å². The van der Waals surface area contributed by atoms with Gasteiger partial charge in [0, 0.05) is 16.3 Å². The molecule has 0 N–H and O–H groups in total. The summed E-state index contributed by atoms with van der Waals surface area (Å²) in [6, 6.07) is 23.5. The van der Waals surface area contributed by atoms with E-state index in [2.05, 4.69) is 12.1 Å². The van der Waals surface area contributed by atoms with Gasteiger partial charge in [0.15, 0.2) is 0 Å². The van der Waals surface area contributed by atoms with E-state index in [1.165, 1.54) is 0 Å². The first-order valence-electron chi connectivity index (χ1n) is 19.4. The molecule has 43 heavy (non-hydrogen) atoms. The Morgan fingerprint density at radius 2 is 0.977 bits per heavy atom. The number of hydrogen-bond donors (Lipinski definition) is 0. The lowest BCUT2D eigenvalue weighted by Crippen LogP contribution is -1.93. The molecule has 0 aliphatic carbocycles. The fraction of sp³-hybridized carbons (Fsp3) is 0. The van der Waals surface area contributed by atoms with Crippen molar-refractivity contribution in [3.8, 4) is 33.4 Å². The lowest BCUT2D eigenvalue weighted by atomic mass is 9.82. The second-order valence-corrected chi connectivity index (χ2v) is 10.4. The second-order valence-electron chi connectivity index (χ2n) is 10.4. The van der Waals surface area contributed by atoms with Crippen molar-refractivity contribution in [3.63, 3.8) is 0 Å². The van der Waals surface area contributed by atoms with E-state index in [0.717, 1.165) is 32.7 Å². The third-order valence-electron chi connectivity index (χ3n) is 8.13. The van der Waals surface area contributed by atoms with E-state index in [4.69, 9.17) is 16.8 Å². The molecule has 0 spiro atoms. The molecule has 0 aliphatic rings. The molecule has 9 aromatic rings. The highest BCUT2D eigenvalue weighted by molar-refractivity contribution is 6.26. The molecule has 1 heterocycles. The molecular weight excluding hydrogens is 520 g/mol. The number of furan rings is 1. The third-order valence-corrected chi connectivity index (χ3v) is 8.13. The molecular formula is C42H26O. The van der Waals surface area contributed by atoms with E-state index in [-0.39, 0.29) is 44.7 Å². The van der Waals surface area contributed by atoms with Crippen molar-refractivity contribution in [1.82, 2.24) is 0 Å². The summed E-state index contributed by atoms with van der Waals surface area (Å²) >= 11 is 0. The minimum atomic E-state index is -0.623. The highest BCUT2D eigenvalue weighted by Gasteiger charge is 2.22. The van der Waals surface area contributed by atoms with Gasteiger partial charge >= 0.3 is 0 Å². The van der Waals surface area contributed by atoms with E-state index >= 15 is 0 Å². The third kappa shape index (κ3) is 3.58. The van der Waals surface area contributed by atoms with Gasteiger partial charge in [-0.05, 0) is 78.3 Å². The van der Waals surface area contributed by atoms with Crippen molar-refractivity contribution in [2.75, 3.05) is 0 Å². The SMILES string of the molecule is [2H]c1c([2H])c([2H])c(-c2c(-c3c4ccccc4c(-c4cccc5ccccc45)c4ccccc34)c([2H])c([2H])c3oc4c([2H])c([2H])c([2H])c([2H])c4c23)c([2H])c1[2H]. The maximum absolute atomic E-state index is 9.67. The quantitative estimate of drug-likeness (QED) is 0.197. The normalized spacial score (nSPS) is 15.3. The largest absolute Gasteiger partial charge is 0.456 e. The molecule has 1 heteroatoms. The van der Waals surface area contributed by atoms with Crippen LogP contribution in [0.25, 0.3) is 87.6 Å². The average molecular weight is 558 g/mol. The Morgan fingerprint density at radius 1 is 0.395 bits per heavy atom. The van der Waals surface area contributed by atoms with Crippen molar-refractivity contribution in [2.45, 2.75) is 0 Å². The zero-order chi connectivity index (χ0) is 37.9. The zero-order valence-corrected chi connectivity index (χ0v) is 22.6. The minimum Gasteiger partial charge on any atom is -0.456 e. The molecule has 9 rings (SSSR count). The fourth-order valence-corrected chi connectivity index (χ4v) is 6.40. The summed E-state index contributed by atoms with van der Waals surface area (Å²) in [6.45, 7) is 0. The van der Waals surface area contributed by atoms with Crippen LogP contribution >= 0.6 is 0 Å². The smallest absolute Gasteiger partial charge is 0.136 e. The van der Waals surface area contributed by atoms with Crippen LogP contribution in [0.15, 0.2) is 162 Å². The highest BCUT2D eigenvalue weighted by Crippen LogP contribution is 2.49. The molecule has 0 saturated heterocycles. The maximum atomic E-state index is 9.67. The molecule has 0 unspecified atom stereocenters. The molecule has 0 bridgehead atoms. The number of benzene rings is 8. The van der Waals surface area contributed by atoms with Gasteiger partial charge < -0.3 is 4.42 Å². The van der Waals surface area contributed by atoms with Gasteiger partial charge in [0.05, 0.1) is 15.1 Å². The Hall–Kier alpha value is -5.66. The lowest BCUT2D eigenvalue weighted by molar-refractivity contribution is 0.669. The molecule has 200 valence electrons. The minimum absolute atomic E-state index is 0.0437. The van der Waals surface area contributed by atoms with E-state index in [1.54, 1.807) is 0 Å². The number of hydrogen-bond acceptors (Lipinski definition) is 1. The Labute approximate surface area is 264 Å². The molecule has 0 radical (unpaired) electrons. The Kier molecular flexibility index (Phi) is 3.41. The predicted molar refractivity (Wildman–Crippen MR) is 183 cm³/mol. The van der Waals surface area contributed by atoms with E-state index in [9.17, 15) is 2.74 Å². The van der Waals surface area contributed by atoms with Crippen LogP contribution in [0.5, 0.6) is 0 Å². The van der Waals surface area contributed by atoms with Gasteiger partial charge in [-0.1, -0.05) is 139 Å². The van der Waals surface area contributed by atoms with Gasteiger partial charge in [0.25, 0.3) is 0 Å². The topological polar surface area (TPSA) is 13.1 Å². The van der Waals surface area contributed by atoms with Crippen molar-refractivity contribution < 1.29 is 19.5 Å². The second kappa shape index (κ2) is 9.44. The average Bonchev–Trinajstić information content (AvgIpc) is 3.60. The van der Waals surface area contributed by atoms with E-state index in [1.807, 2.05) is 78.9 Å². The molecule has 0 saturated carbocycles. The van der Waals surface area contributed by atoms with Gasteiger partial charge in [-0.25, -0.2) is 0 Å². The molecule has 8 aromatic carbocycles. The molecule has 0 atom stereocenters. The fourth-order valence-electron chi connectivity index (χ4n) is 6.40. The van der Waals surface area contributed by atoms with Crippen molar-refractivity contribution >= 4 is 54.3 Å².